The summed E-state index contributed by atoms with van der Waals surface area (Å²) in [4.78, 5) is 0. The molecule has 1 rings (SSSR count). The summed E-state index contributed by atoms with van der Waals surface area (Å²) in [7, 11) is 0. The zero-order valence-corrected chi connectivity index (χ0v) is 14.7. The van der Waals surface area contributed by atoms with Gasteiger partial charge in [0.25, 0.3) is 0 Å². The summed E-state index contributed by atoms with van der Waals surface area (Å²) in [5.74, 6) is 5.70. The minimum absolute atomic E-state index is 0.0199. The van der Waals surface area contributed by atoms with E-state index in [2.05, 4.69) is 38.7 Å². The van der Waals surface area contributed by atoms with Crippen LogP contribution < -0.4 is 0 Å². The molecule has 0 spiro atoms. The Labute approximate surface area is 135 Å². The van der Waals surface area contributed by atoms with Gasteiger partial charge in [0.15, 0.2) is 0 Å². The van der Waals surface area contributed by atoms with Gasteiger partial charge in [-0.1, -0.05) is 42.9 Å². The molecule has 0 saturated heterocycles. The van der Waals surface area contributed by atoms with E-state index in [9.17, 15) is 5.11 Å². The van der Waals surface area contributed by atoms with Crippen LogP contribution in [-0.2, 0) is 0 Å². The van der Waals surface area contributed by atoms with Crippen LogP contribution in [0.1, 0.15) is 60.3 Å². The highest BCUT2D eigenvalue weighted by atomic mass is 16.3. The fourth-order valence-electron chi connectivity index (χ4n) is 2.98. The van der Waals surface area contributed by atoms with E-state index in [-0.39, 0.29) is 12.0 Å². The Balaban J connectivity index is 2.79. The van der Waals surface area contributed by atoms with Crippen molar-refractivity contribution in [2.24, 2.45) is 5.41 Å². The van der Waals surface area contributed by atoms with Gasteiger partial charge in [-0.3, -0.25) is 0 Å². The normalized spacial score (nSPS) is 20.5. The molecule has 0 saturated carbocycles. The zero-order valence-electron chi connectivity index (χ0n) is 14.7. The summed E-state index contributed by atoms with van der Waals surface area (Å²) in [6.07, 6.45) is 7.60. The van der Waals surface area contributed by atoms with Crippen molar-refractivity contribution in [3.05, 3.63) is 34.4 Å². The number of aliphatic hydroxyl groups excluding tert-OH is 2. The van der Waals surface area contributed by atoms with Gasteiger partial charge in [-0.2, -0.15) is 0 Å². The average Bonchev–Trinajstić information content (AvgIpc) is 2.43. The van der Waals surface area contributed by atoms with Gasteiger partial charge in [0.2, 0.25) is 0 Å². The Morgan fingerprint density at radius 3 is 2.59 bits per heavy atom. The van der Waals surface area contributed by atoms with E-state index in [1.165, 1.54) is 30.4 Å². The lowest BCUT2D eigenvalue weighted by atomic mass is 9.71. The van der Waals surface area contributed by atoms with Gasteiger partial charge in [-0.25, -0.2) is 0 Å². The van der Waals surface area contributed by atoms with Crippen LogP contribution in [0.4, 0.5) is 0 Å². The van der Waals surface area contributed by atoms with E-state index in [1.807, 2.05) is 13.8 Å². The molecule has 1 aliphatic carbocycles. The van der Waals surface area contributed by atoms with Gasteiger partial charge in [-0.05, 0) is 69.1 Å². The third-order valence-corrected chi connectivity index (χ3v) is 4.55. The highest BCUT2D eigenvalue weighted by Gasteiger charge is 2.27. The van der Waals surface area contributed by atoms with Crippen molar-refractivity contribution in [3.63, 3.8) is 0 Å². The molecular formula is C20H30O2. The second kappa shape index (κ2) is 8.36. The largest absolute Gasteiger partial charge is 0.392 e. The third-order valence-electron chi connectivity index (χ3n) is 4.55. The summed E-state index contributed by atoms with van der Waals surface area (Å²) in [6, 6.07) is 0. The molecule has 0 amide bonds. The van der Waals surface area contributed by atoms with E-state index in [0.29, 0.717) is 0 Å². The molecule has 0 aromatic rings. The van der Waals surface area contributed by atoms with Gasteiger partial charge in [0.1, 0.15) is 6.10 Å². The van der Waals surface area contributed by atoms with Crippen LogP contribution in [0, 0.1) is 17.3 Å². The Bertz CT molecular complexity index is 536. The first-order valence-corrected chi connectivity index (χ1v) is 8.11. The molecule has 0 aliphatic heterocycles. The molecule has 0 heterocycles. The molecule has 0 bridgehead atoms. The number of aliphatic hydroxyl groups is 2. The molecule has 22 heavy (non-hydrogen) atoms. The predicted molar refractivity (Wildman–Crippen MR) is 93.3 cm³/mol. The second-order valence-corrected chi connectivity index (χ2v) is 6.89. The van der Waals surface area contributed by atoms with E-state index in [0.717, 1.165) is 17.6 Å². The fourth-order valence-corrected chi connectivity index (χ4v) is 2.98. The molecular weight excluding hydrogens is 272 g/mol. The zero-order chi connectivity index (χ0) is 16.8. The first kappa shape index (κ1) is 18.7. The molecule has 122 valence electrons. The molecule has 1 aliphatic rings. The molecule has 0 aromatic heterocycles. The predicted octanol–water partition coefficient (Wildman–Crippen LogP) is 4.15. The van der Waals surface area contributed by atoms with Crippen LogP contribution in [0.15, 0.2) is 34.4 Å². The lowest BCUT2D eigenvalue weighted by Crippen LogP contribution is -2.20. The van der Waals surface area contributed by atoms with Crippen molar-refractivity contribution in [3.8, 4) is 11.8 Å². The molecule has 0 radical (unpaired) electrons. The van der Waals surface area contributed by atoms with E-state index >= 15 is 0 Å². The Morgan fingerprint density at radius 2 is 2.00 bits per heavy atom. The quantitative estimate of drug-likeness (QED) is 0.605. The van der Waals surface area contributed by atoms with E-state index < -0.39 is 6.10 Å². The molecule has 2 N–H and O–H groups in total. The van der Waals surface area contributed by atoms with Crippen molar-refractivity contribution in [1.29, 1.82) is 0 Å². The highest BCUT2D eigenvalue weighted by molar-refractivity contribution is 5.32. The number of hydrogen-bond acceptors (Lipinski definition) is 2. The lowest BCUT2D eigenvalue weighted by molar-refractivity contribution is 0.267. The summed E-state index contributed by atoms with van der Waals surface area (Å²) < 4.78 is 0. The fraction of sp³-hybridized carbons (Fsp3) is 0.600. The van der Waals surface area contributed by atoms with Gasteiger partial charge < -0.3 is 10.2 Å². The maximum atomic E-state index is 10.1. The van der Waals surface area contributed by atoms with Crippen molar-refractivity contribution >= 4 is 0 Å². The van der Waals surface area contributed by atoms with Gasteiger partial charge >= 0.3 is 0 Å². The van der Waals surface area contributed by atoms with Crippen LogP contribution in [0.2, 0.25) is 0 Å². The van der Waals surface area contributed by atoms with E-state index in [1.54, 1.807) is 6.08 Å². The Kier molecular flexibility index (Phi) is 7.13. The van der Waals surface area contributed by atoms with Crippen LogP contribution in [-0.4, -0.2) is 22.9 Å². The average molecular weight is 302 g/mol. The summed E-state index contributed by atoms with van der Waals surface area (Å²) in [5, 5.41) is 18.9. The topological polar surface area (TPSA) is 40.5 Å². The van der Waals surface area contributed by atoms with E-state index in [4.69, 9.17) is 5.11 Å². The van der Waals surface area contributed by atoms with Gasteiger partial charge in [-0.15, -0.1) is 0 Å². The van der Waals surface area contributed by atoms with Gasteiger partial charge in [0.05, 0.1) is 6.61 Å². The lowest BCUT2D eigenvalue weighted by Gasteiger charge is -2.34. The smallest absolute Gasteiger partial charge is 0.136 e. The number of allylic oxidation sites excluding steroid dienone is 4. The van der Waals surface area contributed by atoms with Crippen molar-refractivity contribution in [2.45, 2.75) is 66.4 Å². The van der Waals surface area contributed by atoms with Crippen LogP contribution in [0.3, 0.4) is 0 Å². The second-order valence-electron chi connectivity index (χ2n) is 6.89. The Morgan fingerprint density at radius 1 is 1.32 bits per heavy atom. The summed E-state index contributed by atoms with van der Waals surface area (Å²) in [5.41, 5.74) is 4.94. The minimum atomic E-state index is -0.741. The molecule has 0 aromatic carbocycles. The molecule has 1 unspecified atom stereocenters. The molecule has 0 fully saturated rings. The third kappa shape index (κ3) is 5.48. The van der Waals surface area contributed by atoms with Crippen LogP contribution in [0.5, 0.6) is 0 Å². The minimum Gasteiger partial charge on any atom is -0.392 e. The van der Waals surface area contributed by atoms with Crippen LogP contribution >= 0.6 is 0 Å². The summed E-state index contributed by atoms with van der Waals surface area (Å²) >= 11 is 0. The molecule has 1 atom stereocenters. The van der Waals surface area contributed by atoms with Gasteiger partial charge in [0, 0.05) is 0 Å². The monoisotopic (exact) mass is 302 g/mol. The maximum absolute atomic E-state index is 10.1. The first-order valence-electron chi connectivity index (χ1n) is 8.11. The van der Waals surface area contributed by atoms with Crippen molar-refractivity contribution < 1.29 is 10.2 Å². The Hall–Kier alpha value is -1.30. The highest BCUT2D eigenvalue weighted by Crippen LogP contribution is 2.42. The van der Waals surface area contributed by atoms with Crippen molar-refractivity contribution in [1.82, 2.24) is 0 Å². The van der Waals surface area contributed by atoms with Crippen molar-refractivity contribution in [2.75, 3.05) is 6.61 Å². The molecule has 2 heteroatoms. The standard InChI is InChI=1S/C20H30O2/c1-15(12-14-21)8-11-19(22)17(3)9-10-18-16(2)7-6-13-20(18,4)5/h9,12,19,21-22H,6-7,10,13-14H2,1-5H3/b15-12-,17-9+. The maximum Gasteiger partial charge on any atom is 0.136 e. The first-order chi connectivity index (χ1) is 10.3. The number of hydrogen-bond donors (Lipinski definition) is 2. The SMILES string of the molecule is CC1=C(C/C=C(\C)C(O)C#C/C(C)=C\CO)C(C)(C)CCC1. The summed E-state index contributed by atoms with van der Waals surface area (Å²) in [6.45, 7) is 10.6. The number of rotatable bonds is 4. The van der Waals surface area contributed by atoms with Crippen LogP contribution in [0.25, 0.3) is 0 Å². The molecule has 2 nitrogen and oxygen atoms in total.